The molecule has 3 rings (SSSR count). The third-order valence-corrected chi connectivity index (χ3v) is 5.34. The molecule has 0 unspecified atom stereocenters. The highest BCUT2D eigenvalue weighted by molar-refractivity contribution is 7.17. The molecule has 2 N–H and O–H groups in total. The molecular formula is C15H16N4O2S2. The van der Waals surface area contributed by atoms with Crippen molar-refractivity contribution in [3.8, 4) is 0 Å². The van der Waals surface area contributed by atoms with Crippen LogP contribution in [0.25, 0.3) is 0 Å². The molecule has 1 aliphatic rings. The second kappa shape index (κ2) is 7.01. The van der Waals surface area contributed by atoms with Crippen molar-refractivity contribution < 1.29 is 9.59 Å². The number of hydrogen-bond donors (Lipinski definition) is 2. The largest absolute Gasteiger partial charge is 0.348 e. The lowest BCUT2D eigenvalue weighted by Crippen LogP contribution is -2.26. The number of fused-ring (bicyclic) bond motifs is 1. The molecule has 0 aromatic carbocycles. The number of thiophene rings is 1. The van der Waals surface area contributed by atoms with Crippen LogP contribution in [0.2, 0.25) is 0 Å². The number of carbonyl (C=O) groups is 2. The highest BCUT2D eigenvalue weighted by atomic mass is 32.1. The van der Waals surface area contributed by atoms with Crippen LogP contribution in [0.4, 0.5) is 5.00 Å². The van der Waals surface area contributed by atoms with E-state index in [0.717, 1.165) is 42.8 Å². The Morgan fingerprint density at radius 2 is 2.13 bits per heavy atom. The summed E-state index contributed by atoms with van der Waals surface area (Å²) >= 11 is 2.60. The fourth-order valence-electron chi connectivity index (χ4n) is 2.58. The van der Waals surface area contributed by atoms with Crippen LogP contribution >= 0.6 is 22.9 Å². The molecule has 0 fully saturated rings. The van der Waals surface area contributed by atoms with Crippen LogP contribution in [0, 0.1) is 0 Å². The zero-order valence-electron chi connectivity index (χ0n) is 12.4. The van der Waals surface area contributed by atoms with Gasteiger partial charge in [-0.2, -0.15) is 0 Å². The summed E-state index contributed by atoms with van der Waals surface area (Å²) in [7, 11) is 0. The third kappa shape index (κ3) is 3.32. The molecule has 23 heavy (non-hydrogen) atoms. The van der Waals surface area contributed by atoms with Crippen molar-refractivity contribution in [3.63, 3.8) is 0 Å². The van der Waals surface area contributed by atoms with Crippen LogP contribution in [0.5, 0.6) is 0 Å². The van der Waals surface area contributed by atoms with Crippen LogP contribution in [-0.2, 0) is 12.8 Å². The number of hydrogen-bond acceptors (Lipinski definition) is 6. The van der Waals surface area contributed by atoms with Crippen molar-refractivity contribution in [1.29, 1.82) is 0 Å². The van der Waals surface area contributed by atoms with Gasteiger partial charge in [0.1, 0.15) is 5.00 Å². The first-order valence-electron chi connectivity index (χ1n) is 7.32. The highest BCUT2D eigenvalue weighted by Gasteiger charge is 2.26. The topological polar surface area (TPSA) is 84.0 Å². The number of nitrogens with zero attached hydrogens (tertiary/aromatic N) is 2. The minimum Gasteiger partial charge on any atom is -0.348 e. The van der Waals surface area contributed by atoms with E-state index in [9.17, 15) is 9.59 Å². The van der Waals surface area contributed by atoms with Crippen molar-refractivity contribution >= 4 is 39.7 Å². The summed E-state index contributed by atoms with van der Waals surface area (Å²) in [6.45, 7) is 4.01. The maximum absolute atomic E-state index is 12.5. The fraction of sp³-hybridized carbons (Fsp3) is 0.333. The first-order valence-corrected chi connectivity index (χ1v) is 8.98. The van der Waals surface area contributed by atoms with E-state index in [1.807, 2.05) is 0 Å². The van der Waals surface area contributed by atoms with Crippen molar-refractivity contribution in [1.82, 2.24) is 14.9 Å². The molecule has 0 saturated carbocycles. The molecule has 8 heteroatoms. The van der Waals surface area contributed by atoms with Crippen molar-refractivity contribution in [2.24, 2.45) is 0 Å². The maximum Gasteiger partial charge on any atom is 0.277 e. The lowest BCUT2D eigenvalue weighted by molar-refractivity contribution is 0.0958. The summed E-state index contributed by atoms with van der Waals surface area (Å²) in [5.74, 6) is -0.508. The lowest BCUT2D eigenvalue weighted by atomic mass is 9.95. The summed E-state index contributed by atoms with van der Waals surface area (Å²) < 4.78 is 3.69. The van der Waals surface area contributed by atoms with Gasteiger partial charge in [-0.25, -0.2) is 0 Å². The van der Waals surface area contributed by atoms with Gasteiger partial charge in [0.2, 0.25) is 0 Å². The Labute approximate surface area is 141 Å². The predicted octanol–water partition coefficient (Wildman–Crippen LogP) is 2.65. The van der Waals surface area contributed by atoms with Gasteiger partial charge in [-0.1, -0.05) is 10.6 Å². The van der Waals surface area contributed by atoms with Crippen molar-refractivity contribution in [2.75, 3.05) is 11.9 Å². The van der Waals surface area contributed by atoms with Gasteiger partial charge in [0, 0.05) is 16.8 Å². The Hall–Kier alpha value is -2.06. The van der Waals surface area contributed by atoms with E-state index in [4.69, 9.17) is 0 Å². The van der Waals surface area contributed by atoms with Gasteiger partial charge in [0.15, 0.2) is 5.69 Å². The van der Waals surface area contributed by atoms with Crippen LogP contribution in [0.3, 0.4) is 0 Å². The van der Waals surface area contributed by atoms with E-state index in [2.05, 4.69) is 26.8 Å². The molecule has 2 heterocycles. The zero-order valence-corrected chi connectivity index (χ0v) is 14.1. The van der Waals surface area contributed by atoms with Crippen LogP contribution in [-0.4, -0.2) is 27.9 Å². The van der Waals surface area contributed by atoms with E-state index < -0.39 is 0 Å². The molecule has 0 bridgehead atoms. The molecule has 1 aliphatic carbocycles. The van der Waals surface area contributed by atoms with Gasteiger partial charge in [-0.15, -0.1) is 23.0 Å². The second-order valence-electron chi connectivity index (χ2n) is 5.16. The van der Waals surface area contributed by atoms with E-state index in [0.29, 0.717) is 17.1 Å². The van der Waals surface area contributed by atoms with Crippen LogP contribution in [0.15, 0.2) is 18.0 Å². The molecule has 120 valence electrons. The van der Waals surface area contributed by atoms with Crippen molar-refractivity contribution in [3.05, 3.63) is 39.7 Å². The van der Waals surface area contributed by atoms with Crippen LogP contribution < -0.4 is 10.6 Å². The van der Waals surface area contributed by atoms with Gasteiger partial charge in [0.05, 0.1) is 5.56 Å². The molecule has 0 aliphatic heterocycles. The maximum atomic E-state index is 12.5. The van der Waals surface area contributed by atoms with Crippen molar-refractivity contribution in [2.45, 2.75) is 25.7 Å². The normalized spacial score (nSPS) is 13.2. The number of anilines is 1. The Morgan fingerprint density at radius 1 is 1.30 bits per heavy atom. The molecule has 2 aromatic rings. The number of carbonyl (C=O) groups excluding carboxylic acids is 2. The number of amides is 2. The number of rotatable bonds is 5. The molecular weight excluding hydrogens is 332 g/mol. The first-order chi connectivity index (χ1) is 11.2. The van der Waals surface area contributed by atoms with E-state index in [1.54, 1.807) is 11.5 Å². The lowest BCUT2D eigenvalue weighted by Gasteiger charge is -2.12. The molecule has 6 nitrogen and oxygen atoms in total. The molecule has 0 atom stereocenters. The average Bonchev–Trinajstić information content (AvgIpc) is 3.19. The molecule has 0 saturated heterocycles. The Kier molecular flexibility index (Phi) is 4.82. The standard InChI is InChI=1S/C15H16N4O2S2/c1-2-7-16-14(21)12-9-5-3-4-6-11(9)23-15(12)17-13(20)10-8-22-19-18-10/h2,8H,1,3-7H2,(H,16,21)(H,17,20). The molecule has 0 spiro atoms. The zero-order chi connectivity index (χ0) is 16.2. The summed E-state index contributed by atoms with van der Waals surface area (Å²) in [4.78, 5) is 25.9. The molecule has 0 radical (unpaired) electrons. The molecule has 2 aromatic heterocycles. The fourth-order valence-corrected chi connectivity index (χ4v) is 4.30. The van der Waals surface area contributed by atoms with E-state index in [-0.39, 0.29) is 17.5 Å². The quantitative estimate of drug-likeness (QED) is 0.814. The van der Waals surface area contributed by atoms with E-state index in [1.165, 1.54) is 16.2 Å². The average molecular weight is 348 g/mol. The second-order valence-corrected chi connectivity index (χ2v) is 6.87. The number of aryl methyl sites for hydroxylation is 1. The van der Waals surface area contributed by atoms with Gasteiger partial charge in [0.25, 0.3) is 11.8 Å². The van der Waals surface area contributed by atoms with Crippen LogP contribution in [0.1, 0.15) is 44.1 Å². The van der Waals surface area contributed by atoms with E-state index >= 15 is 0 Å². The third-order valence-electron chi connectivity index (χ3n) is 3.63. The number of aromatic nitrogens is 2. The first kappa shape index (κ1) is 15.8. The van der Waals surface area contributed by atoms with Gasteiger partial charge in [-0.05, 0) is 42.8 Å². The summed E-state index contributed by atoms with van der Waals surface area (Å²) in [5.41, 5.74) is 1.91. The highest BCUT2D eigenvalue weighted by Crippen LogP contribution is 2.38. The Morgan fingerprint density at radius 3 is 2.87 bits per heavy atom. The minimum absolute atomic E-state index is 0.170. The van der Waals surface area contributed by atoms with Gasteiger partial charge >= 0.3 is 0 Å². The Bertz CT molecular complexity index is 737. The van der Waals surface area contributed by atoms with Gasteiger partial charge in [-0.3, -0.25) is 9.59 Å². The Balaban J connectivity index is 1.91. The summed E-state index contributed by atoms with van der Waals surface area (Å²) in [5, 5.41) is 11.6. The monoisotopic (exact) mass is 348 g/mol. The smallest absolute Gasteiger partial charge is 0.277 e. The molecule has 2 amide bonds. The summed E-state index contributed by atoms with van der Waals surface area (Å²) in [6, 6.07) is 0. The predicted molar refractivity (Wildman–Crippen MR) is 91.4 cm³/mol. The minimum atomic E-state index is -0.338. The SMILES string of the molecule is C=CCNC(=O)c1c(NC(=O)c2csnn2)sc2c1CCCC2. The number of nitrogens with one attached hydrogen (secondary N) is 2. The summed E-state index contributed by atoms with van der Waals surface area (Å²) in [6.07, 6.45) is 5.64. The van der Waals surface area contributed by atoms with Gasteiger partial charge < -0.3 is 10.6 Å².